The largest absolute Gasteiger partial charge is 0.443 e. The van der Waals surface area contributed by atoms with Crippen molar-refractivity contribution >= 4 is 29.4 Å². The number of hydrogen-bond donors (Lipinski definition) is 2. The van der Waals surface area contributed by atoms with E-state index in [0.717, 1.165) is 22.1 Å². The van der Waals surface area contributed by atoms with Crippen LogP contribution in [-0.2, 0) is 6.61 Å². The lowest BCUT2D eigenvalue weighted by Gasteiger charge is -2.12. The summed E-state index contributed by atoms with van der Waals surface area (Å²) < 4.78 is 0. The molecule has 0 fully saturated rings. The van der Waals surface area contributed by atoms with E-state index in [1.807, 2.05) is 31.2 Å². The normalized spacial score (nSPS) is 10.4. The van der Waals surface area contributed by atoms with Gasteiger partial charge in [0.2, 0.25) is 0 Å². The molecule has 92 valence electrons. The van der Waals surface area contributed by atoms with Gasteiger partial charge >= 0.3 is 6.92 Å². The van der Waals surface area contributed by atoms with Crippen molar-refractivity contribution in [1.29, 1.82) is 0 Å². The summed E-state index contributed by atoms with van der Waals surface area (Å²) in [5.41, 5.74) is 3.16. The standard InChI is InChI=1S/C14H14BClO2/c1-10-8-12(6-7-14(10)16)15(18)13-5-3-2-4-11(13)9-17/h2-8,17-18H,9H2,1H3. The maximum atomic E-state index is 10.4. The van der Waals surface area contributed by atoms with E-state index in [2.05, 4.69) is 0 Å². The van der Waals surface area contributed by atoms with Crippen LogP contribution in [0.1, 0.15) is 11.1 Å². The maximum Gasteiger partial charge on any atom is 0.359 e. The van der Waals surface area contributed by atoms with E-state index in [9.17, 15) is 10.1 Å². The molecule has 0 aliphatic heterocycles. The summed E-state index contributed by atoms with van der Waals surface area (Å²) >= 11 is 5.97. The summed E-state index contributed by atoms with van der Waals surface area (Å²) in [4.78, 5) is 0. The molecule has 0 spiro atoms. The number of hydrogen-bond acceptors (Lipinski definition) is 2. The molecule has 18 heavy (non-hydrogen) atoms. The summed E-state index contributed by atoms with van der Waals surface area (Å²) in [6, 6.07) is 12.8. The fourth-order valence-corrected chi connectivity index (χ4v) is 2.08. The first-order chi connectivity index (χ1) is 8.63. The summed E-state index contributed by atoms with van der Waals surface area (Å²) in [5, 5.41) is 20.3. The van der Waals surface area contributed by atoms with Crippen LogP contribution in [0.5, 0.6) is 0 Å². The third kappa shape index (κ3) is 2.59. The van der Waals surface area contributed by atoms with Gasteiger partial charge in [-0.05, 0) is 35.0 Å². The Bertz CT molecular complexity index is 557. The van der Waals surface area contributed by atoms with Crippen LogP contribution in [0.2, 0.25) is 5.02 Å². The maximum absolute atomic E-state index is 10.4. The van der Waals surface area contributed by atoms with Crippen LogP contribution >= 0.6 is 11.6 Å². The average molecular weight is 261 g/mol. The third-order valence-corrected chi connectivity index (χ3v) is 3.44. The lowest BCUT2D eigenvalue weighted by molar-refractivity contribution is 0.282. The van der Waals surface area contributed by atoms with Crippen molar-refractivity contribution in [3.8, 4) is 0 Å². The third-order valence-electron chi connectivity index (χ3n) is 3.02. The summed E-state index contributed by atoms with van der Waals surface area (Å²) in [6.07, 6.45) is 0. The summed E-state index contributed by atoms with van der Waals surface area (Å²) in [7, 11) is 0. The number of aliphatic hydroxyl groups excluding tert-OH is 1. The molecule has 0 radical (unpaired) electrons. The molecule has 0 aromatic heterocycles. The molecular formula is C14H14BClO2. The quantitative estimate of drug-likeness (QED) is 0.815. The fourth-order valence-electron chi connectivity index (χ4n) is 1.96. The molecule has 2 rings (SSSR count). The van der Waals surface area contributed by atoms with Crippen LogP contribution in [0.15, 0.2) is 42.5 Å². The molecule has 2 aromatic rings. The van der Waals surface area contributed by atoms with Crippen molar-refractivity contribution in [2.75, 3.05) is 0 Å². The minimum atomic E-state index is -0.746. The van der Waals surface area contributed by atoms with Crippen molar-refractivity contribution in [2.24, 2.45) is 0 Å². The molecule has 0 unspecified atom stereocenters. The van der Waals surface area contributed by atoms with Crippen LogP contribution in [-0.4, -0.2) is 17.0 Å². The predicted molar refractivity (Wildman–Crippen MR) is 75.8 cm³/mol. The average Bonchev–Trinajstić information content (AvgIpc) is 2.41. The molecule has 0 heterocycles. The summed E-state index contributed by atoms with van der Waals surface area (Å²) in [6.45, 7) is 1.07. The van der Waals surface area contributed by atoms with Crippen molar-refractivity contribution in [3.05, 3.63) is 58.6 Å². The van der Waals surface area contributed by atoms with Crippen LogP contribution in [0.25, 0.3) is 0 Å². The number of halogens is 1. The van der Waals surface area contributed by atoms with Gasteiger partial charge in [0.25, 0.3) is 0 Å². The minimum absolute atomic E-state index is 0.0835. The van der Waals surface area contributed by atoms with Gasteiger partial charge in [0, 0.05) is 5.02 Å². The van der Waals surface area contributed by atoms with Gasteiger partial charge in [0.15, 0.2) is 0 Å². The van der Waals surface area contributed by atoms with Crippen LogP contribution in [0.3, 0.4) is 0 Å². The van der Waals surface area contributed by atoms with Crippen molar-refractivity contribution < 1.29 is 10.1 Å². The van der Waals surface area contributed by atoms with Gasteiger partial charge in [0.1, 0.15) is 0 Å². The zero-order valence-corrected chi connectivity index (χ0v) is 10.9. The molecule has 0 bridgehead atoms. The van der Waals surface area contributed by atoms with E-state index in [1.165, 1.54) is 0 Å². The molecule has 2 N–H and O–H groups in total. The highest BCUT2D eigenvalue weighted by atomic mass is 35.5. The Morgan fingerprint density at radius 1 is 1.17 bits per heavy atom. The second-order valence-electron chi connectivity index (χ2n) is 4.27. The molecule has 0 atom stereocenters. The lowest BCUT2D eigenvalue weighted by Crippen LogP contribution is -2.44. The molecule has 0 aliphatic rings. The highest BCUT2D eigenvalue weighted by Gasteiger charge is 2.20. The molecule has 0 aliphatic carbocycles. The highest BCUT2D eigenvalue weighted by Crippen LogP contribution is 2.12. The van der Waals surface area contributed by atoms with Gasteiger partial charge in [-0.1, -0.05) is 48.0 Å². The van der Waals surface area contributed by atoms with E-state index in [0.29, 0.717) is 5.02 Å². The molecular weight excluding hydrogens is 246 g/mol. The Hall–Kier alpha value is -1.29. The second kappa shape index (κ2) is 5.57. The predicted octanol–water partition coefficient (Wildman–Crippen LogP) is 1.24. The molecule has 2 aromatic carbocycles. The monoisotopic (exact) mass is 260 g/mol. The Balaban J connectivity index is 2.41. The molecule has 4 heteroatoms. The van der Waals surface area contributed by atoms with E-state index >= 15 is 0 Å². The topological polar surface area (TPSA) is 40.5 Å². The number of aryl methyl sites for hydroxylation is 1. The van der Waals surface area contributed by atoms with E-state index in [1.54, 1.807) is 18.2 Å². The van der Waals surface area contributed by atoms with Crippen LogP contribution < -0.4 is 10.9 Å². The van der Waals surface area contributed by atoms with Gasteiger partial charge in [-0.15, -0.1) is 0 Å². The first-order valence-corrected chi connectivity index (χ1v) is 6.14. The number of rotatable bonds is 3. The smallest absolute Gasteiger partial charge is 0.359 e. The van der Waals surface area contributed by atoms with Crippen molar-refractivity contribution in [1.82, 2.24) is 0 Å². The lowest BCUT2D eigenvalue weighted by atomic mass is 9.54. The molecule has 0 saturated heterocycles. The van der Waals surface area contributed by atoms with Crippen LogP contribution in [0.4, 0.5) is 0 Å². The molecule has 2 nitrogen and oxygen atoms in total. The zero-order chi connectivity index (χ0) is 13.1. The van der Waals surface area contributed by atoms with E-state index in [-0.39, 0.29) is 6.61 Å². The molecule has 0 amide bonds. The Morgan fingerprint density at radius 2 is 1.89 bits per heavy atom. The van der Waals surface area contributed by atoms with E-state index in [4.69, 9.17) is 11.6 Å². The highest BCUT2D eigenvalue weighted by molar-refractivity contribution is 6.79. The Morgan fingerprint density at radius 3 is 2.56 bits per heavy atom. The number of benzene rings is 2. The van der Waals surface area contributed by atoms with Crippen molar-refractivity contribution in [2.45, 2.75) is 13.5 Å². The Labute approximate surface area is 112 Å². The first kappa shape index (κ1) is 13.2. The second-order valence-corrected chi connectivity index (χ2v) is 4.68. The van der Waals surface area contributed by atoms with Gasteiger partial charge in [-0.3, -0.25) is 0 Å². The Kier molecular flexibility index (Phi) is 4.07. The van der Waals surface area contributed by atoms with Gasteiger partial charge in [0.05, 0.1) is 6.61 Å². The zero-order valence-electron chi connectivity index (χ0n) is 10.1. The van der Waals surface area contributed by atoms with Crippen molar-refractivity contribution in [3.63, 3.8) is 0 Å². The SMILES string of the molecule is Cc1cc(B(O)c2ccccc2CO)ccc1Cl. The van der Waals surface area contributed by atoms with Gasteiger partial charge in [-0.25, -0.2) is 0 Å². The van der Waals surface area contributed by atoms with Gasteiger partial charge < -0.3 is 10.1 Å². The molecule has 0 saturated carbocycles. The summed E-state index contributed by atoms with van der Waals surface area (Å²) in [5.74, 6) is 0. The fraction of sp³-hybridized carbons (Fsp3) is 0.143. The number of aliphatic hydroxyl groups is 1. The first-order valence-electron chi connectivity index (χ1n) is 5.76. The minimum Gasteiger partial charge on any atom is -0.443 e. The van der Waals surface area contributed by atoms with E-state index < -0.39 is 6.92 Å². The van der Waals surface area contributed by atoms with Crippen LogP contribution in [0, 0.1) is 6.92 Å². The van der Waals surface area contributed by atoms with Gasteiger partial charge in [-0.2, -0.15) is 0 Å².